The first-order valence-corrected chi connectivity index (χ1v) is 10.5. The SMILES string of the molecule is O=C(CN1C(=O)COc2ccccc21)N(Cc1ccc2c(c1)OCO2)C[C@@H]1CCCO1. The van der Waals surface area contributed by atoms with Crippen molar-refractivity contribution < 1.29 is 28.5 Å². The van der Waals surface area contributed by atoms with Crippen molar-refractivity contribution in [2.45, 2.75) is 25.5 Å². The van der Waals surface area contributed by atoms with E-state index in [1.807, 2.05) is 30.3 Å². The maximum absolute atomic E-state index is 13.4. The summed E-state index contributed by atoms with van der Waals surface area (Å²) in [4.78, 5) is 29.2. The lowest BCUT2D eigenvalue weighted by atomic mass is 10.1. The van der Waals surface area contributed by atoms with Gasteiger partial charge in [0.25, 0.3) is 5.91 Å². The van der Waals surface area contributed by atoms with Crippen molar-refractivity contribution in [3.8, 4) is 17.2 Å². The van der Waals surface area contributed by atoms with E-state index in [2.05, 4.69) is 0 Å². The summed E-state index contributed by atoms with van der Waals surface area (Å²) in [5.74, 6) is 1.62. The van der Waals surface area contributed by atoms with E-state index in [1.54, 1.807) is 17.0 Å². The predicted molar refractivity (Wildman–Crippen MR) is 111 cm³/mol. The molecule has 0 unspecified atom stereocenters. The fourth-order valence-corrected chi connectivity index (χ4v) is 4.11. The number of benzene rings is 2. The van der Waals surface area contributed by atoms with E-state index < -0.39 is 0 Å². The van der Waals surface area contributed by atoms with Gasteiger partial charge in [0.05, 0.1) is 11.8 Å². The first kappa shape index (κ1) is 19.7. The molecule has 3 heterocycles. The second kappa shape index (κ2) is 8.47. The molecular formula is C23H24N2O6. The molecule has 0 aliphatic carbocycles. The molecule has 8 heteroatoms. The van der Waals surface area contributed by atoms with Gasteiger partial charge in [-0.1, -0.05) is 18.2 Å². The van der Waals surface area contributed by atoms with Gasteiger partial charge in [0, 0.05) is 19.7 Å². The summed E-state index contributed by atoms with van der Waals surface area (Å²) in [6, 6.07) is 12.9. The lowest BCUT2D eigenvalue weighted by molar-refractivity contribution is -0.133. The largest absolute Gasteiger partial charge is 0.482 e. The van der Waals surface area contributed by atoms with E-state index >= 15 is 0 Å². The van der Waals surface area contributed by atoms with Crippen molar-refractivity contribution in [2.24, 2.45) is 0 Å². The number of nitrogens with zero attached hydrogens (tertiary/aromatic N) is 2. The molecule has 0 radical (unpaired) electrons. The average Bonchev–Trinajstić information content (AvgIpc) is 3.47. The molecule has 0 N–H and O–H groups in total. The number of carbonyl (C=O) groups excluding carboxylic acids is 2. The van der Waals surface area contributed by atoms with E-state index in [9.17, 15) is 9.59 Å². The molecule has 1 atom stereocenters. The fourth-order valence-electron chi connectivity index (χ4n) is 4.11. The Labute approximate surface area is 180 Å². The van der Waals surface area contributed by atoms with Gasteiger partial charge >= 0.3 is 0 Å². The van der Waals surface area contributed by atoms with E-state index in [1.165, 1.54) is 4.90 Å². The van der Waals surface area contributed by atoms with Crippen LogP contribution in [0.4, 0.5) is 5.69 Å². The van der Waals surface area contributed by atoms with Crippen LogP contribution in [0, 0.1) is 0 Å². The molecule has 8 nitrogen and oxygen atoms in total. The first-order valence-electron chi connectivity index (χ1n) is 10.5. The maximum atomic E-state index is 13.4. The number of hydrogen-bond acceptors (Lipinski definition) is 6. The Bertz CT molecular complexity index is 988. The van der Waals surface area contributed by atoms with Gasteiger partial charge in [0.2, 0.25) is 12.7 Å². The third kappa shape index (κ3) is 4.16. The third-order valence-corrected chi connectivity index (χ3v) is 5.71. The molecule has 2 amide bonds. The summed E-state index contributed by atoms with van der Waals surface area (Å²) in [5, 5.41) is 0. The predicted octanol–water partition coefficient (Wildman–Crippen LogP) is 2.35. The van der Waals surface area contributed by atoms with Gasteiger partial charge in [0.1, 0.15) is 12.3 Å². The van der Waals surface area contributed by atoms with Crippen molar-refractivity contribution in [1.29, 1.82) is 0 Å². The molecule has 3 aliphatic heterocycles. The van der Waals surface area contributed by atoms with Gasteiger partial charge < -0.3 is 23.8 Å². The second-order valence-corrected chi connectivity index (χ2v) is 7.83. The summed E-state index contributed by atoms with van der Waals surface area (Å²) < 4.78 is 22.1. The van der Waals surface area contributed by atoms with Crippen molar-refractivity contribution >= 4 is 17.5 Å². The quantitative estimate of drug-likeness (QED) is 0.709. The highest BCUT2D eigenvalue weighted by atomic mass is 16.7. The number of hydrogen-bond donors (Lipinski definition) is 0. The molecule has 2 aromatic rings. The zero-order valence-corrected chi connectivity index (χ0v) is 17.1. The normalized spacial score (nSPS) is 19.2. The topological polar surface area (TPSA) is 77.5 Å². The van der Waals surface area contributed by atoms with Crippen LogP contribution in [0.15, 0.2) is 42.5 Å². The summed E-state index contributed by atoms with van der Waals surface area (Å²) in [6.07, 6.45) is 1.92. The summed E-state index contributed by atoms with van der Waals surface area (Å²) in [7, 11) is 0. The van der Waals surface area contributed by atoms with Gasteiger partial charge in [-0.05, 0) is 42.7 Å². The number of rotatable bonds is 6. The molecule has 31 heavy (non-hydrogen) atoms. The standard InChI is InChI=1S/C23H24N2O6/c26-22(13-25-18-5-1-2-6-19(18)29-14-23(25)27)24(12-17-4-3-9-28-17)11-16-7-8-20-21(10-16)31-15-30-20/h1-2,5-8,10,17H,3-4,9,11-15H2/t17-/m0/s1. The van der Waals surface area contributed by atoms with Gasteiger partial charge in [-0.25, -0.2) is 0 Å². The van der Waals surface area contributed by atoms with Crippen LogP contribution in [0.2, 0.25) is 0 Å². The lowest BCUT2D eigenvalue weighted by Crippen LogP contribution is -2.47. The Morgan fingerprint density at radius 3 is 2.81 bits per heavy atom. The van der Waals surface area contributed by atoms with Crippen LogP contribution in [0.3, 0.4) is 0 Å². The van der Waals surface area contributed by atoms with Crippen molar-refractivity contribution in [1.82, 2.24) is 4.90 Å². The van der Waals surface area contributed by atoms with Crippen LogP contribution >= 0.6 is 0 Å². The Morgan fingerprint density at radius 2 is 1.94 bits per heavy atom. The molecule has 0 spiro atoms. The van der Waals surface area contributed by atoms with E-state index in [-0.39, 0.29) is 37.9 Å². The zero-order chi connectivity index (χ0) is 21.2. The Balaban J connectivity index is 1.36. The average molecular weight is 424 g/mol. The van der Waals surface area contributed by atoms with Crippen molar-refractivity contribution in [3.05, 3.63) is 48.0 Å². The van der Waals surface area contributed by atoms with Crippen LogP contribution in [-0.4, -0.2) is 55.9 Å². The molecule has 1 saturated heterocycles. The molecule has 2 aromatic carbocycles. The number of carbonyl (C=O) groups is 2. The highest BCUT2D eigenvalue weighted by Gasteiger charge is 2.30. The number of amides is 2. The molecule has 0 aromatic heterocycles. The smallest absolute Gasteiger partial charge is 0.265 e. The number of fused-ring (bicyclic) bond motifs is 2. The Kier molecular flexibility index (Phi) is 5.38. The second-order valence-electron chi connectivity index (χ2n) is 7.83. The molecule has 5 rings (SSSR count). The molecule has 0 saturated carbocycles. The van der Waals surface area contributed by atoms with Crippen LogP contribution < -0.4 is 19.1 Å². The van der Waals surface area contributed by atoms with E-state index in [0.29, 0.717) is 42.6 Å². The molecule has 0 bridgehead atoms. The van der Waals surface area contributed by atoms with E-state index in [0.717, 1.165) is 18.4 Å². The summed E-state index contributed by atoms with van der Waals surface area (Å²) >= 11 is 0. The molecular weight excluding hydrogens is 400 g/mol. The Hall–Kier alpha value is -3.26. The minimum atomic E-state index is -0.229. The zero-order valence-electron chi connectivity index (χ0n) is 17.1. The number of anilines is 1. The van der Waals surface area contributed by atoms with Crippen LogP contribution in [0.1, 0.15) is 18.4 Å². The number of para-hydroxylation sites is 2. The van der Waals surface area contributed by atoms with Crippen molar-refractivity contribution in [2.75, 3.05) is 38.0 Å². The third-order valence-electron chi connectivity index (χ3n) is 5.71. The Morgan fingerprint density at radius 1 is 1.06 bits per heavy atom. The lowest BCUT2D eigenvalue weighted by Gasteiger charge is -2.32. The molecule has 162 valence electrons. The minimum Gasteiger partial charge on any atom is -0.482 e. The van der Waals surface area contributed by atoms with Gasteiger partial charge in [0.15, 0.2) is 18.1 Å². The first-order chi connectivity index (χ1) is 15.2. The highest BCUT2D eigenvalue weighted by molar-refractivity contribution is 6.02. The fraction of sp³-hybridized carbons (Fsp3) is 0.391. The van der Waals surface area contributed by atoms with Gasteiger partial charge in [-0.2, -0.15) is 0 Å². The molecule has 1 fully saturated rings. The molecule has 3 aliphatic rings. The van der Waals surface area contributed by atoms with Crippen LogP contribution in [0.5, 0.6) is 17.2 Å². The van der Waals surface area contributed by atoms with E-state index in [4.69, 9.17) is 18.9 Å². The monoisotopic (exact) mass is 424 g/mol. The van der Waals surface area contributed by atoms with Gasteiger partial charge in [-0.15, -0.1) is 0 Å². The highest BCUT2D eigenvalue weighted by Crippen LogP contribution is 2.34. The van der Waals surface area contributed by atoms with Crippen molar-refractivity contribution in [3.63, 3.8) is 0 Å². The number of ether oxygens (including phenoxy) is 4. The summed E-state index contributed by atoms with van der Waals surface area (Å²) in [5.41, 5.74) is 1.55. The summed E-state index contributed by atoms with van der Waals surface area (Å²) in [6.45, 7) is 1.68. The maximum Gasteiger partial charge on any atom is 0.265 e. The van der Waals surface area contributed by atoms with Gasteiger partial charge in [-0.3, -0.25) is 14.5 Å². The minimum absolute atomic E-state index is 0.00522. The van der Waals surface area contributed by atoms with Crippen LogP contribution in [-0.2, 0) is 20.9 Å². The van der Waals surface area contributed by atoms with Crippen LogP contribution in [0.25, 0.3) is 0 Å².